The molecule has 0 saturated carbocycles. The predicted octanol–water partition coefficient (Wildman–Crippen LogP) is 3.81. The van der Waals surface area contributed by atoms with E-state index in [-0.39, 0.29) is 5.91 Å². The Bertz CT molecular complexity index is 1140. The standard InChI is InChI=1S/C22H19N5O2/c1-27-14-16(17-12-24-21(25-13-17)15-5-4-8-23-11-15)9-20(27)22(28)26-18-6-3-7-19(10-18)29-2/h3-14H,1-2H3,(H,26,28). The fourth-order valence-electron chi connectivity index (χ4n) is 2.97. The van der Waals surface area contributed by atoms with Crippen molar-refractivity contribution in [1.29, 1.82) is 0 Å². The third-order valence-corrected chi connectivity index (χ3v) is 4.47. The number of ether oxygens (including phenoxy) is 1. The molecule has 0 aliphatic rings. The summed E-state index contributed by atoms with van der Waals surface area (Å²) in [6, 6.07) is 12.8. The van der Waals surface area contributed by atoms with Gasteiger partial charge in [0, 0.05) is 66.5 Å². The van der Waals surface area contributed by atoms with Crippen LogP contribution in [0.15, 0.2) is 73.4 Å². The SMILES string of the molecule is COc1cccc(NC(=O)c2cc(-c3cnc(-c4cccnc4)nc3)cn2C)c1. The predicted molar refractivity (Wildman–Crippen MR) is 111 cm³/mol. The lowest BCUT2D eigenvalue weighted by Crippen LogP contribution is -2.15. The number of carbonyl (C=O) groups is 1. The highest BCUT2D eigenvalue weighted by Gasteiger charge is 2.14. The average molecular weight is 385 g/mol. The zero-order valence-electron chi connectivity index (χ0n) is 16.0. The first kappa shape index (κ1) is 18.4. The number of pyridine rings is 1. The lowest BCUT2D eigenvalue weighted by molar-refractivity contribution is 0.101. The second-order valence-electron chi connectivity index (χ2n) is 6.45. The first-order chi connectivity index (χ1) is 14.1. The van der Waals surface area contributed by atoms with E-state index in [4.69, 9.17) is 4.74 Å². The van der Waals surface area contributed by atoms with Crippen LogP contribution < -0.4 is 10.1 Å². The highest BCUT2D eigenvalue weighted by atomic mass is 16.5. The Hall–Kier alpha value is -4.00. The number of hydrogen-bond acceptors (Lipinski definition) is 5. The number of anilines is 1. The van der Waals surface area contributed by atoms with Crippen molar-refractivity contribution in [3.05, 3.63) is 79.1 Å². The number of methoxy groups -OCH3 is 1. The number of benzene rings is 1. The van der Waals surface area contributed by atoms with Gasteiger partial charge >= 0.3 is 0 Å². The second kappa shape index (κ2) is 7.93. The molecule has 29 heavy (non-hydrogen) atoms. The fourth-order valence-corrected chi connectivity index (χ4v) is 2.97. The minimum absolute atomic E-state index is 0.208. The van der Waals surface area contributed by atoms with E-state index in [0.29, 0.717) is 23.0 Å². The molecule has 144 valence electrons. The number of aromatic nitrogens is 4. The number of carbonyl (C=O) groups excluding carboxylic acids is 1. The van der Waals surface area contributed by atoms with Gasteiger partial charge in [-0.25, -0.2) is 9.97 Å². The molecule has 0 aliphatic carbocycles. The van der Waals surface area contributed by atoms with E-state index in [2.05, 4.69) is 20.3 Å². The van der Waals surface area contributed by atoms with Crippen LogP contribution >= 0.6 is 0 Å². The van der Waals surface area contributed by atoms with Crippen LogP contribution in [0.5, 0.6) is 5.75 Å². The maximum atomic E-state index is 12.7. The van der Waals surface area contributed by atoms with Gasteiger partial charge in [-0.15, -0.1) is 0 Å². The molecule has 3 heterocycles. The Balaban J connectivity index is 1.55. The van der Waals surface area contributed by atoms with E-state index < -0.39 is 0 Å². The summed E-state index contributed by atoms with van der Waals surface area (Å²) in [7, 11) is 3.42. The van der Waals surface area contributed by atoms with Crippen LogP contribution in [0.25, 0.3) is 22.5 Å². The lowest BCUT2D eigenvalue weighted by Gasteiger charge is -2.07. The van der Waals surface area contributed by atoms with Crippen molar-refractivity contribution in [3.8, 4) is 28.3 Å². The number of nitrogens with one attached hydrogen (secondary N) is 1. The van der Waals surface area contributed by atoms with Gasteiger partial charge < -0.3 is 14.6 Å². The summed E-state index contributed by atoms with van der Waals surface area (Å²) in [5, 5.41) is 2.89. The Kier molecular flexibility index (Phi) is 5.03. The van der Waals surface area contributed by atoms with E-state index >= 15 is 0 Å². The smallest absolute Gasteiger partial charge is 0.272 e. The fraction of sp³-hybridized carbons (Fsp3) is 0.0909. The third kappa shape index (κ3) is 3.98. The molecule has 7 nitrogen and oxygen atoms in total. The molecule has 1 amide bonds. The molecule has 0 atom stereocenters. The maximum absolute atomic E-state index is 12.7. The lowest BCUT2D eigenvalue weighted by atomic mass is 10.1. The van der Waals surface area contributed by atoms with Crippen LogP contribution in [0.4, 0.5) is 5.69 Å². The average Bonchev–Trinajstić information content (AvgIpc) is 3.16. The van der Waals surface area contributed by atoms with Crippen LogP contribution in [-0.2, 0) is 7.05 Å². The van der Waals surface area contributed by atoms with E-state index in [0.717, 1.165) is 16.7 Å². The summed E-state index contributed by atoms with van der Waals surface area (Å²) in [6.07, 6.45) is 8.80. The van der Waals surface area contributed by atoms with Crippen molar-refractivity contribution in [2.45, 2.75) is 0 Å². The molecule has 0 spiro atoms. The van der Waals surface area contributed by atoms with Crippen LogP contribution in [0.3, 0.4) is 0 Å². The minimum atomic E-state index is -0.208. The molecule has 0 aliphatic heterocycles. The van der Waals surface area contributed by atoms with Gasteiger partial charge in [0.2, 0.25) is 0 Å². The van der Waals surface area contributed by atoms with Crippen molar-refractivity contribution in [3.63, 3.8) is 0 Å². The number of hydrogen-bond donors (Lipinski definition) is 1. The summed E-state index contributed by atoms with van der Waals surface area (Å²) < 4.78 is 6.97. The van der Waals surface area contributed by atoms with Crippen LogP contribution in [0.1, 0.15) is 10.5 Å². The van der Waals surface area contributed by atoms with Crippen LogP contribution in [0.2, 0.25) is 0 Å². The molecule has 7 heteroatoms. The van der Waals surface area contributed by atoms with Gasteiger partial charge in [-0.3, -0.25) is 9.78 Å². The van der Waals surface area contributed by atoms with Gasteiger partial charge in [0.1, 0.15) is 11.4 Å². The quantitative estimate of drug-likeness (QED) is 0.565. The van der Waals surface area contributed by atoms with E-state index in [1.165, 1.54) is 0 Å². The highest BCUT2D eigenvalue weighted by Crippen LogP contribution is 2.23. The van der Waals surface area contributed by atoms with Crippen molar-refractivity contribution in [2.75, 3.05) is 12.4 Å². The number of aryl methyl sites for hydroxylation is 1. The summed E-state index contributed by atoms with van der Waals surface area (Å²) in [5.74, 6) is 1.08. The molecule has 3 aromatic heterocycles. The first-order valence-corrected chi connectivity index (χ1v) is 8.98. The largest absolute Gasteiger partial charge is 0.497 e. The van der Waals surface area contributed by atoms with Gasteiger partial charge in [-0.2, -0.15) is 0 Å². The Morgan fingerprint density at radius 3 is 2.55 bits per heavy atom. The molecular formula is C22H19N5O2. The second-order valence-corrected chi connectivity index (χ2v) is 6.45. The van der Waals surface area contributed by atoms with Crippen molar-refractivity contribution in [1.82, 2.24) is 19.5 Å². The zero-order chi connectivity index (χ0) is 20.2. The van der Waals surface area contributed by atoms with E-state index in [9.17, 15) is 4.79 Å². The summed E-state index contributed by atoms with van der Waals surface area (Å²) in [5.41, 5.74) is 3.74. The summed E-state index contributed by atoms with van der Waals surface area (Å²) in [6.45, 7) is 0. The number of rotatable bonds is 5. The molecule has 1 aromatic carbocycles. The molecular weight excluding hydrogens is 366 g/mol. The molecule has 0 radical (unpaired) electrons. The first-order valence-electron chi connectivity index (χ1n) is 8.98. The number of amides is 1. The Labute approximate surface area is 168 Å². The van der Waals surface area contributed by atoms with E-state index in [1.54, 1.807) is 42.5 Å². The summed E-state index contributed by atoms with van der Waals surface area (Å²) >= 11 is 0. The van der Waals surface area contributed by atoms with Crippen LogP contribution in [0, 0.1) is 0 Å². The van der Waals surface area contributed by atoms with Crippen molar-refractivity contribution in [2.24, 2.45) is 7.05 Å². The molecule has 0 unspecified atom stereocenters. The van der Waals surface area contributed by atoms with Gasteiger partial charge in [0.25, 0.3) is 5.91 Å². The monoisotopic (exact) mass is 385 g/mol. The zero-order valence-corrected chi connectivity index (χ0v) is 16.0. The van der Waals surface area contributed by atoms with Crippen LogP contribution in [-0.4, -0.2) is 32.5 Å². The molecule has 0 saturated heterocycles. The molecule has 1 N–H and O–H groups in total. The summed E-state index contributed by atoms with van der Waals surface area (Å²) in [4.78, 5) is 25.6. The van der Waals surface area contributed by atoms with Crippen molar-refractivity contribution >= 4 is 11.6 Å². The topological polar surface area (TPSA) is 81.9 Å². The number of nitrogens with zero attached hydrogens (tertiary/aromatic N) is 4. The molecule has 0 fully saturated rings. The van der Waals surface area contributed by atoms with Crippen molar-refractivity contribution < 1.29 is 9.53 Å². The van der Waals surface area contributed by atoms with Gasteiger partial charge in [-0.05, 0) is 30.3 Å². The van der Waals surface area contributed by atoms with Gasteiger partial charge in [0.15, 0.2) is 5.82 Å². The normalized spacial score (nSPS) is 10.6. The van der Waals surface area contributed by atoms with Gasteiger partial charge in [0.05, 0.1) is 7.11 Å². The third-order valence-electron chi connectivity index (χ3n) is 4.47. The highest BCUT2D eigenvalue weighted by molar-refractivity contribution is 6.04. The van der Waals surface area contributed by atoms with Gasteiger partial charge in [-0.1, -0.05) is 6.07 Å². The molecule has 4 aromatic rings. The minimum Gasteiger partial charge on any atom is -0.497 e. The molecule has 4 rings (SSSR count). The Morgan fingerprint density at radius 2 is 1.83 bits per heavy atom. The maximum Gasteiger partial charge on any atom is 0.272 e. The van der Waals surface area contributed by atoms with E-state index in [1.807, 2.05) is 49.6 Å². The Morgan fingerprint density at radius 1 is 1.00 bits per heavy atom. The molecule has 0 bridgehead atoms.